The molecule has 2 aromatic rings. The van der Waals surface area contributed by atoms with Crippen molar-refractivity contribution in [1.82, 2.24) is 9.69 Å². The third kappa shape index (κ3) is 4.64. The largest absolute Gasteiger partial charge is 0.383 e. The summed E-state index contributed by atoms with van der Waals surface area (Å²) in [6.07, 6.45) is 1.40. The van der Waals surface area contributed by atoms with E-state index >= 15 is 0 Å². The number of nitrogens with one attached hydrogen (secondary N) is 2. The molecule has 0 aliphatic heterocycles. The van der Waals surface area contributed by atoms with Crippen molar-refractivity contribution in [2.24, 2.45) is 0 Å². The van der Waals surface area contributed by atoms with Crippen LogP contribution in [0.1, 0.15) is 10.4 Å². The van der Waals surface area contributed by atoms with Gasteiger partial charge in [0.2, 0.25) is 0 Å². The maximum Gasteiger partial charge on any atom is 0.272 e. The van der Waals surface area contributed by atoms with Crippen molar-refractivity contribution in [3.05, 3.63) is 41.0 Å². The summed E-state index contributed by atoms with van der Waals surface area (Å²) in [4.78, 5) is 11.9. The number of hydrogen-bond acceptors (Lipinski definition) is 6. The van der Waals surface area contributed by atoms with E-state index in [4.69, 9.17) is 16.3 Å². The quantitative estimate of drug-likeness (QED) is 0.721. The summed E-state index contributed by atoms with van der Waals surface area (Å²) in [7, 11) is -2.18. The lowest BCUT2D eigenvalue weighted by atomic mass is 10.2. The average molecular weight is 376 g/mol. The number of rotatable bonds is 7. The van der Waals surface area contributed by atoms with Crippen LogP contribution in [0.2, 0.25) is 5.02 Å². The Labute approximate surface area is 142 Å². The first-order valence-electron chi connectivity index (χ1n) is 6.44. The molecule has 0 spiro atoms. The molecule has 1 aromatic carbocycles. The van der Waals surface area contributed by atoms with Crippen LogP contribution in [0.15, 0.2) is 34.7 Å². The highest BCUT2D eigenvalue weighted by atomic mass is 35.5. The third-order valence-corrected chi connectivity index (χ3v) is 5.64. The summed E-state index contributed by atoms with van der Waals surface area (Å²) >= 11 is 6.92. The summed E-state index contributed by atoms with van der Waals surface area (Å²) < 4.78 is 35.3. The fourth-order valence-corrected chi connectivity index (χ4v) is 3.71. The molecule has 2 rings (SSSR count). The maximum atomic E-state index is 12.1. The van der Waals surface area contributed by atoms with Gasteiger partial charge in [-0.3, -0.25) is 9.52 Å². The Hall–Kier alpha value is -1.68. The van der Waals surface area contributed by atoms with Gasteiger partial charge in [-0.2, -0.15) is 4.37 Å². The molecular weight excluding hydrogens is 362 g/mol. The van der Waals surface area contributed by atoms with Crippen LogP contribution >= 0.6 is 23.1 Å². The molecule has 7 nitrogen and oxygen atoms in total. The molecule has 1 aromatic heterocycles. The number of benzene rings is 1. The molecule has 0 saturated heterocycles. The minimum atomic E-state index is -3.71. The molecule has 0 atom stereocenters. The zero-order valence-electron chi connectivity index (χ0n) is 12.1. The normalized spacial score (nSPS) is 11.2. The molecule has 0 aliphatic carbocycles. The number of methoxy groups -OCH3 is 1. The smallest absolute Gasteiger partial charge is 0.272 e. The van der Waals surface area contributed by atoms with Gasteiger partial charge < -0.3 is 10.1 Å². The highest BCUT2D eigenvalue weighted by Gasteiger charge is 2.17. The van der Waals surface area contributed by atoms with Crippen LogP contribution in [0.3, 0.4) is 0 Å². The molecule has 1 amide bonds. The van der Waals surface area contributed by atoms with Crippen molar-refractivity contribution in [3.8, 4) is 0 Å². The SMILES string of the molecule is COCCNC(=O)c1ccc(NS(=O)(=O)c2ccns2)cc1Cl. The third-order valence-electron chi connectivity index (χ3n) is 2.74. The van der Waals surface area contributed by atoms with Crippen LogP contribution < -0.4 is 10.0 Å². The number of halogens is 1. The van der Waals surface area contributed by atoms with Gasteiger partial charge in [0, 0.05) is 19.9 Å². The highest BCUT2D eigenvalue weighted by Crippen LogP contribution is 2.24. The van der Waals surface area contributed by atoms with Gasteiger partial charge in [-0.25, -0.2) is 8.42 Å². The van der Waals surface area contributed by atoms with Crippen molar-refractivity contribution < 1.29 is 17.9 Å². The lowest BCUT2D eigenvalue weighted by Crippen LogP contribution is -2.27. The lowest BCUT2D eigenvalue weighted by Gasteiger charge is -2.09. The number of carbonyl (C=O) groups is 1. The number of sulfonamides is 1. The number of anilines is 1. The van der Waals surface area contributed by atoms with Crippen LogP contribution in [0.4, 0.5) is 5.69 Å². The van der Waals surface area contributed by atoms with Gasteiger partial charge in [0.1, 0.15) is 0 Å². The first kappa shape index (κ1) is 17.7. The van der Waals surface area contributed by atoms with Gasteiger partial charge in [0.15, 0.2) is 4.21 Å². The fourth-order valence-electron chi connectivity index (χ4n) is 1.67. The van der Waals surface area contributed by atoms with Crippen LogP contribution in [0.5, 0.6) is 0 Å². The molecule has 124 valence electrons. The molecule has 23 heavy (non-hydrogen) atoms. The van der Waals surface area contributed by atoms with Gasteiger partial charge in [0.05, 0.1) is 22.9 Å². The van der Waals surface area contributed by atoms with E-state index in [1.807, 2.05) is 0 Å². The van der Waals surface area contributed by atoms with Gasteiger partial charge in [0.25, 0.3) is 15.9 Å². The van der Waals surface area contributed by atoms with E-state index < -0.39 is 10.0 Å². The second kappa shape index (κ2) is 7.73. The Balaban J connectivity index is 2.12. The van der Waals surface area contributed by atoms with Crippen LogP contribution in [-0.2, 0) is 14.8 Å². The molecule has 0 aliphatic rings. The minimum absolute atomic E-state index is 0.0926. The van der Waals surface area contributed by atoms with E-state index in [1.165, 1.54) is 37.6 Å². The van der Waals surface area contributed by atoms with Gasteiger partial charge in [-0.05, 0) is 35.8 Å². The maximum absolute atomic E-state index is 12.1. The summed E-state index contributed by atoms with van der Waals surface area (Å²) in [6, 6.07) is 5.70. The summed E-state index contributed by atoms with van der Waals surface area (Å²) in [6.45, 7) is 0.738. The number of hydrogen-bond donors (Lipinski definition) is 2. The number of amides is 1. The van der Waals surface area contributed by atoms with Crippen molar-refractivity contribution in [2.45, 2.75) is 4.21 Å². The van der Waals surface area contributed by atoms with E-state index in [0.717, 1.165) is 11.5 Å². The summed E-state index contributed by atoms with van der Waals surface area (Å²) in [5.41, 5.74) is 0.514. The Morgan fingerprint density at radius 3 is 2.78 bits per heavy atom. The van der Waals surface area contributed by atoms with Gasteiger partial charge in [-0.15, -0.1) is 0 Å². The monoisotopic (exact) mass is 375 g/mol. The number of aromatic nitrogens is 1. The molecule has 2 N–H and O–H groups in total. The second-order valence-corrected chi connectivity index (χ2v) is 7.53. The van der Waals surface area contributed by atoms with E-state index in [1.54, 1.807) is 0 Å². The summed E-state index contributed by atoms with van der Waals surface area (Å²) in [5.74, 6) is -0.357. The molecular formula is C13H14ClN3O4S2. The number of ether oxygens (including phenoxy) is 1. The van der Waals surface area contributed by atoms with Gasteiger partial charge >= 0.3 is 0 Å². The topological polar surface area (TPSA) is 97.4 Å². The van der Waals surface area contributed by atoms with Crippen LogP contribution in [0, 0.1) is 0 Å². The van der Waals surface area contributed by atoms with Gasteiger partial charge in [-0.1, -0.05) is 11.6 Å². The Morgan fingerprint density at radius 1 is 1.39 bits per heavy atom. The van der Waals surface area contributed by atoms with E-state index in [-0.39, 0.29) is 26.4 Å². The fraction of sp³-hybridized carbons (Fsp3) is 0.231. The van der Waals surface area contributed by atoms with Crippen LogP contribution in [0.25, 0.3) is 0 Å². The molecule has 0 bridgehead atoms. The van der Waals surface area contributed by atoms with E-state index in [0.29, 0.717) is 13.2 Å². The number of carbonyl (C=O) groups excluding carboxylic acids is 1. The molecule has 0 fully saturated rings. The van der Waals surface area contributed by atoms with E-state index in [2.05, 4.69) is 14.4 Å². The van der Waals surface area contributed by atoms with Crippen molar-refractivity contribution in [3.63, 3.8) is 0 Å². The Morgan fingerprint density at radius 2 is 2.17 bits per heavy atom. The molecule has 1 heterocycles. The van der Waals surface area contributed by atoms with Crippen molar-refractivity contribution in [1.29, 1.82) is 0 Å². The molecule has 10 heteroatoms. The second-order valence-electron chi connectivity index (χ2n) is 4.38. The van der Waals surface area contributed by atoms with Crippen molar-refractivity contribution in [2.75, 3.05) is 25.0 Å². The predicted molar refractivity (Wildman–Crippen MR) is 88.6 cm³/mol. The molecule has 0 radical (unpaired) electrons. The van der Waals surface area contributed by atoms with Crippen LogP contribution in [-0.4, -0.2) is 39.0 Å². The standard InChI is InChI=1S/C13H14ClN3O4S2/c1-21-7-6-15-13(18)10-3-2-9(8-11(10)14)17-23(19,20)12-4-5-16-22-12/h2-5,8,17H,6-7H2,1H3,(H,15,18). The van der Waals surface area contributed by atoms with Crippen molar-refractivity contribution >= 4 is 44.8 Å². The zero-order chi connectivity index (χ0) is 16.9. The first-order chi connectivity index (χ1) is 10.9. The molecule has 0 saturated carbocycles. The summed E-state index contributed by atoms with van der Waals surface area (Å²) in [5, 5.41) is 2.78. The first-order valence-corrected chi connectivity index (χ1v) is 9.07. The lowest BCUT2D eigenvalue weighted by molar-refractivity contribution is 0.0937. The Bertz CT molecular complexity index is 779. The highest BCUT2D eigenvalue weighted by molar-refractivity contribution is 7.94. The molecule has 0 unspecified atom stereocenters. The average Bonchev–Trinajstić information content (AvgIpc) is 3.02. The number of nitrogens with zero attached hydrogens (tertiary/aromatic N) is 1. The minimum Gasteiger partial charge on any atom is -0.383 e. The zero-order valence-corrected chi connectivity index (χ0v) is 14.5. The Kier molecular flexibility index (Phi) is 5.94. The van der Waals surface area contributed by atoms with E-state index in [9.17, 15) is 13.2 Å². The predicted octanol–water partition coefficient (Wildman–Crippen LogP) is 1.97.